The third-order valence-corrected chi connectivity index (χ3v) is 5.63. The Kier molecular flexibility index (Phi) is 5.08. The Labute approximate surface area is 169 Å². The van der Waals surface area contributed by atoms with Gasteiger partial charge < -0.3 is 29.4 Å². The second-order valence-corrected chi connectivity index (χ2v) is 6.68. The molecule has 1 saturated carbocycles. The van der Waals surface area contributed by atoms with Gasteiger partial charge in [-0.05, 0) is 31.5 Å². The van der Waals surface area contributed by atoms with E-state index in [4.69, 9.17) is 29.4 Å². The molecule has 0 aromatic heterocycles. The summed E-state index contributed by atoms with van der Waals surface area (Å²) in [6.07, 6.45) is 0. The second kappa shape index (κ2) is 7.11. The molecule has 0 radical (unpaired) electrons. The molecule has 2 N–H and O–H groups in total. The molecule has 1 aliphatic heterocycles. The number of ether oxygens (including phenoxy) is 5. The maximum Gasteiger partial charge on any atom is 0.293 e. The predicted octanol–water partition coefficient (Wildman–Crippen LogP) is 1.93. The zero-order valence-corrected chi connectivity index (χ0v) is 17.1. The first-order chi connectivity index (χ1) is 13.9. The van der Waals surface area contributed by atoms with Crippen molar-refractivity contribution in [3.05, 3.63) is 17.7 Å². The van der Waals surface area contributed by atoms with Crippen LogP contribution in [0.4, 0.5) is 0 Å². The van der Waals surface area contributed by atoms with Crippen LogP contribution in [-0.2, 0) is 9.47 Å². The van der Waals surface area contributed by atoms with Crippen molar-refractivity contribution >= 4 is 5.84 Å². The van der Waals surface area contributed by atoms with E-state index in [-0.39, 0.29) is 19.0 Å². The van der Waals surface area contributed by atoms with Crippen LogP contribution in [0.3, 0.4) is 0 Å². The van der Waals surface area contributed by atoms with E-state index in [1.165, 1.54) is 21.3 Å². The van der Waals surface area contributed by atoms with Gasteiger partial charge in [0.1, 0.15) is 11.3 Å². The Morgan fingerprint density at radius 2 is 1.55 bits per heavy atom. The van der Waals surface area contributed by atoms with Crippen molar-refractivity contribution in [1.82, 2.24) is 0 Å². The van der Waals surface area contributed by atoms with Crippen LogP contribution < -0.4 is 19.9 Å². The van der Waals surface area contributed by atoms with Crippen molar-refractivity contribution in [3.63, 3.8) is 0 Å². The lowest BCUT2D eigenvalue weighted by atomic mass is 9.93. The van der Waals surface area contributed by atoms with Crippen LogP contribution in [0.1, 0.15) is 25.3 Å². The van der Waals surface area contributed by atoms with Gasteiger partial charge in [-0.25, -0.2) is 4.99 Å². The smallest absolute Gasteiger partial charge is 0.293 e. The summed E-state index contributed by atoms with van der Waals surface area (Å²) in [5, 5.41) is 20.4. The van der Waals surface area contributed by atoms with Gasteiger partial charge in [0.05, 0.1) is 33.5 Å². The highest BCUT2D eigenvalue weighted by Gasteiger charge is 2.93. The number of nitrogens with two attached hydrogens (primary N) is 1. The lowest BCUT2D eigenvalue weighted by Crippen LogP contribution is -2.43. The summed E-state index contributed by atoms with van der Waals surface area (Å²) in [7, 11) is 4.49. The van der Waals surface area contributed by atoms with Gasteiger partial charge in [-0.3, -0.25) is 0 Å². The molecule has 3 rings (SSSR count). The van der Waals surface area contributed by atoms with Gasteiger partial charge in [0.25, 0.3) is 5.91 Å². The van der Waals surface area contributed by atoms with Crippen molar-refractivity contribution in [2.75, 3.05) is 34.5 Å². The van der Waals surface area contributed by atoms with E-state index >= 15 is 0 Å². The maximum absolute atomic E-state index is 10.3. The zero-order valence-electron chi connectivity index (χ0n) is 17.1. The zero-order chi connectivity index (χ0) is 21.4. The van der Waals surface area contributed by atoms with Crippen molar-refractivity contribution in [2.24, 2.45) is 21.6 Å². The van der Waals surface area contributed by atoms with E-state index in [2.05, 4.69) is 17.1 Å². The van der Waals surface area contributed by atoms with Crippen LogP contribution >= 0.6 is 0 Å². The summed E-state index contributed by atoms with van der Waals surface area (Å²) in [5.41, 5.74) is 3.99. The highest BCUT2D eigenvalue weighted by atomic mass is 16.7. The van der Waals surface area contributed by atoms with E-state index in [9.17, 15) is 10.5 Å². The molecule has 1 fully saturated rings. The summed E-state index contributed by atoms with van der Waals surface area (Å²) in [6.45, 7) is 3.98. The normalized spacial score (nSPS) is 28.5. The third-order valence-electron chi connectivity index (χ3n) is 5.63. The predicted molar refractivity (Wildman–Crippen MR) is 103 cm³/mol. The Bertz CT molecular complexity index is 903. The van der Waals surface area contributed by atoms with Crippen LogP contribution in [-0.4, -0.2) is 46.3 Å². The topological polar surface area (TPSA) is 132 Å². The summed E-state index contributed by atoms with van der Waals surface area (Å²) >= 11 is 0. The minimum atomic E-state index is -1.67. The molecule has 1 heterocycles. The van der Waals surface area contributed by atoms with E-state index in [1.807, 2.05) is 0 Å². The monoisotopic (exact) mass is 400 g/mol. The molecule has 9 nitrogen and oxygen atoms in total. The molecule has 0 amide bonds. The summed E-state index contributed by atoms with van der Waals surface area (Å²) in [4.78, 5) is 4.33. The van der Waals surface area contributed by atoms with Gasteiger partial charge in [0.15, 0.2) is 16.9 Å². The average Bonchev–Trinajstić information content (AvgIpc) is 3.31. The van der Waals surface area contributed by atoms with Crippen LogP contribution in [0.25, 0.3) is 0 Å². The molecule has 154 valence electrons. The number of amidine groups is 1. The molecular weight excluding hydrogens is 376 g/mol. The van der Waals surface area contributed by atoms with Crippen molar-refractivity contribution < 1.29 is 23.7 Å². The largest absolute Gasteiger partial charge is 0.493 e. The van der Waals surface area contributed by atoms with E-state index in [1.54, 1.807) is 26.0 Å². The molecule has 0 saturated heterocycles. The van der Waals surface area contributed by atoms with E-state index in [0.717, 1.165) is 0 Å². The molecule has 1 aromatic carbocycles. The standard InChI is InChI=1S/C20H24N4O5/c1-6-28-20(29-7-2)19(11-22)16(18(19,10-21)17(23)24-20)12-8-13(25-3)15(27-5)14(9-12)26-4/h8-9,16H,6-7H2,1-5H3,(H2,23,24)/t16-,18+,19+/m0/s1. The number of hydrogen-bond acceptors (Lipinski definition) is 9. The number of nitrogens with zero attached hydrogens (tertiary/aromatic N) is 3. The number of aliphatic imine (C=N–C) groups is 1. The number of benzene rings is 1. The van der Waals surface area contributed by atoms with Gasteiger partial charge in [0, 0.05) is 19.1 Å². The molecule has 0 unspecified atom stereocenters. The van der Waals surface area contributed by atoms with Gasteiger partial charge >= 0.3 is 0 Å². The Morgan fingerprint density at radius 1 is 1.00 bits per heavy atom. The summed E-state index contributed by atoms with van der Waals surface area (Å²) < 4.78 is 27.9. The fraction of sp³-hybridized carbons (Fsp3) is 0.550. The lowest BCUT2D eigenvalue weighted by molar-refractivity contribution is -0.255. The first-order valence-electron chi connectivity index (χ1n) is 9.19. The molecule has 29 heavy (non-hydrogen) atoms. The first-order valence-corrected chi connectivity index (χ1v) is 9.19. The summed E-state index contributed by atoms with van der Waals surface area (Å²) in [5.74, 6) is -1.10. The van der Waals surface area contributed by atoms with Crippen molar-refractivity contribution in [2.45, 2.75) is 25.7 Å². The fourth-order valence-corrected chi connectivity index (χ4v) is 4.52. The van der Waals surface area contributed by atoms with Crippen LogP contribution in [0.2, 0.25) is 0 Å². The first kappa shape index (κ1) is 20.7. The van der Waals surface area contributed by atoms with Crippen LogP contribution in [0.5, 0.6) is 17.2 Å². The van der Waals surface area contributed by atoms with E-state index < -0.39 is 22.7 Å². The summed E-state index contributed by atoms with van der Waals surface area (Å²) in [6, 6.07) is 7.91. The molecule has 2 aliphatic rings. The number of hydrogen-bond donors (Lipinski definition) is 1. The van der Waals surface area contributed by atoms with Crippen LogP contribution in [0.15, 0.2) is 17.1 Å². The minimum absolute atomic E-state index is 0.0159. The van der Waals surface area contributed by atoms with E-state index in [0.29, 0.717) is 22.8 Å². The molecule has 1 aromatic rings. The molecule has 0 bridgehead atoms. The average molecular weight is 400 g/mol. The van der Waals surface area contributed by atoms with Gasteiger partial charge in [0.2, 0.25) is 5.75 Å². The second-order valence-electron chi connectivity index (χ2n) is 6.68. The quantitative estimate of drug-likeness (QED) is 0.655. The molecule has 0 spiro atoms. The molecular formula is C20H24N4O5. The van der Waals surface area contributed by atoms with Crippen molar-refractivity contribution in [1.29, 1.82) is 10.5 Å². The molecule has 1 aliphatic carbocycles. The fourth-order valence-electron chi connectivity index (χ4n) is 4.52. The Balaban J connectivity index is 2.26. The Hall–Kier alpha value is -3.01. The molecule has 3 atom stereocenters. The van der Waals surface area contributed by atoms with Gasteiger partial charge in [-0.15, -0.1) is 0 Å². The lowest BCUT2D eigenvalue weighted by Gasteiger charge is -2.31. The minimum Gasteiger partial charge on any atom is -0.493 e. The Morgan fingerprint density at radius 3 is 1.93 bits per heavy atom. The van der Waals surface area contributed by atoms with Crippen LogP contribution in [0, 0.1) is 33.5 Å². The van der Waals surface area contributed by atoms with Gasteiger partial charge in [-0.2, -0.15) is 10.5 Å². The highest BCUT2D eigenvalue weighted by Crippen LogP contribution is 2.82. The number of methoxy groups -OCH3 is 3. The number of fused-ring (bicyclic) bond motifs is 1. The highest BCUT2D eigenvalue weighted by molar-refractivity contribution is 6.00. The maximum atomic E-state index is 10.3. The van der Waals surface area contributed by atoms with Gasteiger partial charge in [-0.1, -0.05) is 0 Å². The van der Waals surface area contributed by atoms with Crippen molar-refractivity contribution in [3.8, 4) is 29.4 Å². The number of rotatable bonds is 8. The SMILES string of the molecule is CCOC1(OCC)N=C(N)[C@@]2(C#N)[C@H](c3cc(OC)c(OC)c(OC)c3)[C@@]12C#N. The number of nitriles is 2. The molecule has 9 heteroatoms. The third kappa shape index (κ3) is 2.29.